The summed E-state index contributed by atoms with van der Waals surface area (Å²) in [6.45, 7) is 3.97. The SMILES string of the molecule is COc1ccc(C(C)Nc2ncnc(N)c2C)cc1. The van der Waals surface area contributed by atoms with Crippen LogP contribution in [0.1, 0.15) is 24.1 Å². The minimum Gasteiger partial charge on any atom is -0.497 e. The number of rotatable bonds is 4. The number of ether oxygens (including phenoxy) is 1. The molecule has 0 amide bonds. The maximum atomic E-state index is 5.77. The number of nitrogens with one attached hydrogen (secondary N) is 1. The third-order valence-corrected chi connectivity index (χ3v) is 3.09. The Morgan fingerprint density at radius 3 is 2.53 bits per heavy atom. The molecule has 19 heavy (non-hydrogen) atoms. The van der Waals surface area contributed by atoms with E-state index in [2.05, 4.69) is 22.2 Å². The Bertz CT molecular complexity index is 554. The van der Waals surface area contributed by atoms with Crippen LogP contribution >= 0.6 is 0 Å². The zero-order valence-electron chi connectivity index (χ0n) is 11.3. The first-order valence-electron chi connectivity index (χ1n) is 6.09. The van der Waals surface area contributed by atoms with Crippen LogP contribution in [0.25, 0.3) is 0 Å². The average molecular weight is 258 g/mol. The van der Waals surface area contributed by atoms with E-state index in [-0.39, 0.29) is 6.04 Å². The molecule has 0 saturated heterocycles. The standard InChI is InChI=1S/C14H18N4O/c1-9-13(15)16-8-17-14(9)18-10(2)11-4-6-12(19-3)7-5-11/h4-8,10H,1-3H3,(H3,15,16,17,18). The van der Waals surface area contributed by atoms with E-state index >= 15 is 0 Å². The van der Waals surface area contributed by atoms with E-state index in [0.29, 0.717) is 5.82 Å². The Balaban J connectivity index is 2.15. The molecule has 2 rings (SSSR count). The number of anilines is 2. The number of nitrogen functional groups attached to an aromatic ring is 1. The molecule has 0 radical (unpaired) electrons. The van der Waals surface area contributed by atoms with Gasteiger partial charge >= 0.3 is 0 Å². The van der Waals surface area contributed by atoms with Gasteiger partial charge in [-0.15, -0.1) is 0 Å². The van der Waals surface area contributed by atoms with Gasteiger partial charge in [0.25, 0.3) is 0 Å². The van der Waals surface area contributed by atoms with Gasteiger partial charge in [0.2, 0.25) is 0 Å². The lowest BCUT2D eigenvalue weighted by Crippen LogP contribution is -2.10. The van der Waals surface area contributed by atoms with E-state index in [1.54, 1.807) is 7.11 Å². The maximum absolute atomic E-state index is 5.77. The molecule has 0 fully saturated rings. The van der Waals surface area contributed by atoms with Crippen LogP contribution in [0.4, 0.5) is 11.6 Å². The van der Waals surface area contributed by atoms with Crippen LogP contribution in [0, 0.1) is 6.92 Å². The molecule has 2 aromatic rings. The van der Waals surface area contributed by atoms with Crippen LogP contribution in [0.2, 0.25) is 0 Å². The molecule has 1 atom stereocenters. The first kappa shape index (κ1) is 13.1. The molecule has 0 aliphatic heterocycles. The highest BCUT2D eigenvalue weighted by atomic mass is 16.5. The molecule has 1 heterocycles. The van der Waals surface area contributed by atoms with Gasteiger partial charge in [-0.3, -0.25) is 0 Å². The highest BCUT2D eigenvalue weighted by molar-refractivity contribution is 5.54. The van der Waals surface area contributed by atoms with Gasteiger partial charge in [0.05, 0.1) is 7.11 Å². The van der Waals surface area contributed by atoms with Gasteiger partial charge in [-0.05, 0) is 31.5 Å². The molecule has 0 bridgehead atoms. The van der Waals surface area contributed by atoms with Crippen LogP contribution in [-0.4, -0.2) is 17.1 Å². The van der Waals surface area contributed by atoms with Gasteiger partial charge < -0.3 is 15.8 Å². The molecule has 0 spiro atoms. The van der Waals surface area contributed by atoms with E-state index in [1.165, 1.54) is 6.33 Å². The van der Waals surface area contributed by atoms with Crippen molar-refractivity contribution in [1.29, 1.82) is 0 Å². The van der Waals surface area contributed by atoms with Gasteiger partial charge in [0.1, 0.15) is 23.7 Å². The first-order valence-corrected chi connectivity index (χ1v) is 6.09. The van der Waals surface area contributed by atoms with Crippen LogP contribution in [0.5, 0.6) is 5.75 Å². The van der Waals surface area contributed by atoms with E-state index in [1.807, 2.05) is 31.2 Å². The predicted molar refractivity (Wildman–Crippen MR) is 76.2 cm³/mol. The van der Waals surface area contributed by atoms with E-state index in [9.17, 15) is 0 Å². The summed E-state index contributed by atoms with van der Waals surface area (Å²) < 4.78 is 5.14. The van der Waals surface area contributed by atoms with Gasteiger partial charge in [-0.1, -0.05) is 12.1 Å². The van der Waals surface area contributed by atoms with Crippen LogP contribution < -0.4 is 15.8 Å². The zero-order chi connectivity index (χ0) is 13.8. The zero-order valence-corrected chi connectivity index (χ0v) is 11.3. The lowest BCUT2D eigenvalue weighted by atomic mass is 10.1. The summed E-state index contributed by atoms with van der Waals surface area (Å²) in [5, 5.41) is 3.33. The molecule has 1 aromatic heterocycles. The Labute approximate surface area is 112 Å². The van der Waals surface area contributed by atoms with E-state index in [4.69, 9.17) is 10.5 Å². The quantitative estimate of drug-likeness (QED) is 0.881. The maximum Gasteiger partial charge on any atom is 0.134 e. The van der Waals surface area contributed by atoms with Crippen molar-refractivity contribution in [3.05, 3.63) is 41.7 Å². The Kier molecular flexibility index (Phi) is 3.85. The van der Waals surface area contributed by atoms with Crippen molar-refractivity contribution in [2.24, 2.45) is 0 Å². The average Bonchev–Trinajstić information content (AvgIpc) is 2.44. The summed E-state index contributed by atoms with van der Waals surface area (Å²) in [4.78, 5) is 8.16. The molecule has 3 N–H and O–H groups in total. The molecule has 0 aliphatic carbocycles. The van der Waals surface area contributed by atoms with Gasteiger partial charge in [-0.25, -0.2) is 9.97 Å². The number of benzene rings is 1. The summed E-state index contributed by atoms with van der Waals surface area (Å²) in [5.74, 6) is 2.11. The van der Waals surface area contributed by atoms with Crippen molar-refractivity contribution in [2.75, 3.05) is 18.2 Å². The molecular formula is C14H18N4O. The summed E-state index contributed by atoms with van der Waals surface area (Å²) in [6.07, 6.45) is 1.46. The molecular weight excluding hydrogens is 240 g/mol. The van der Waals surface area contributed by atoms with E-state index in [0.717, 1.165) is 22.7 Å². The summed E-state index contributed by atoms with van der Waals surface area (Å²) in [6, 6.07) is 8.05. The third-order valence-electron chi connectivity index (χ3n) is 3.09. The number of aromatic nitrogens is 2. The van der Waals surface area contributed by atoms with E-state index < -0.39 is 0 Å². The van der Waals surface area contributed by atoms with Crippen molar-refractivity contribution in [1.82, 2.24) is 9.97 Å². The fourth-order valence-corrected chi connectivity index (χ4v) is 1.79. The normalized spacial score (nSPS) is 11.9. The highest BCUT2D eigenvalue weighted by Crippen LogP contribution is 2.23. The fraction of sp³-hybridized carbons (Fsp3) is 0.286. The van der Waals surface area contributed by atoms with Crippen molar-refractivity contribution in [3.63, 3.8) is 0 Å². The molecule has 0 aliphatic rings. The molecule has 100 valence electrons. The second kappa shape index (κ2) is 5.56. The van der Waals surface area contributed by atoms with Crippen molar-refractivity contribution < 1.29 is 4.74 Å². The molecule has 1 aromatic carbocycles. The van der Waals surface area contributed by atoms with Crippen molar-refractivity contribution in [3.8, 4) is 5.75 Å². The van der Waals surface area contributed by atoms with Crippen LogP contribution in [0.15, 0.2) is 30.6 Å². The number of nitrogens with zero attached hydrogens (tertiary/aromatic N) is 2. The largest absolute Gasteiger partial charge is 0.497 e. The van der Waals surface area contributed by atoms with Gasteiger partial charge in [-0.2, -0.15) is 0 Å². The Morgan fingerprint density at radius 2 is 1.89 bits per heavy atom. The number of hydrogen-bond donors (Lipinski definition) is 2. The minimum absolute atomic E-state index is 0.124. The number of nitrogens with two attached hydrogens (primary N) is 1. The number of methoxy groups -OCH3 is 1. The van der Waals surface area contributed by atoms with Crippen LogP contribution in [-0.2, 0) is 0 Å². The molecule has 0 saturated carbocycles. The summed E-state index contributed by atoms with van der Waals surface area (Å²) >= 11 is 0. The van der Waals surface area contributed by atoms with Crippen molar-refractivity contribution >= 4 is 11.6 Å². The topological polar surface area (TPSA) is 73.1 Å². The minimum atomic E-state index is 0.124. The number of hydrogen-bond acceptors (Lipinski definition) is 5. The summed E-state index contributed by atoms with van der Waals surface area (Å²) in [7, 11) is 1.66. The van der Waals surface area contributed by atoms with Crippen LogP contribution in [0.3, 0.4) is 0 Å². The predicted octanol–water partition coefficient (Wildman–Crippen LogP) is 2.55. The third kappa shape index (κ3) is 2.93. The lowest BCUT2D eigenvalue weighted by Gasteiger charge is -2.17. The summed E-state index contributed by atoms with van der Waals surface area (Å²) in [5.41, 5.74) is 7.78. The molecule has 1 unspecified atom stereocenters. The smallest absolute Gasteiger partial charge is 0.134 e. The Hall–Kier alpha value is -2.30. The fourth-order valence-electron chi connectivity index (χ4n) is 1.79. The highest BCUT2D eigenvalue weighted by Gasteiger charge is 2.09. The second-order valence-corrected chi connectivity index (χ2v) is 4.37. The first-order chi connectivity index (χ1) is 9.11. The van der Waals surface area contributed by atoms with Crippen molar-refractivity contribution in [2.45, 2.75) is 19.9 Å². The second-order valence-electron chi connectivity index (χ2n) is 4.37. The molecule has 5 heteroatoms. The monoisotopic (exact) mass is 258 g/mol. The Morgan fingerprint density at radius 1 is 1.21 bits per heavy atom. The lowest BCUT2D eigenvalue weighted by molar-refractivity contribution is 0.414. The van der Waals surface area contributed by atoms with Gasteiger partial charge in [0.15, 0.2) is 0 Å². The van der Waals surface area contributed by atoms with Gasteiger partial charge in [0, 0.05) is 11.6 Å². The molecule has 5 nitrogen and oxygen atoms in total.